The summed E-state index contributed by atoms with van der Waals surface area (Å²) >= 11 is 0. The number of nitrogens with zero attached hydrogens (tertiary/aromatic N) is 1. The molecule has 9 nitrogen and oxygen atoms in total. The number of carbonyl (C=O) groups is 4. The largest absolute Gasteiger partial charge is 0.468 e. The van der Waals surface area contributed by atoms with E-state index >= 15 is 0 Å². The third kappa shape index (κ3) is 5.91. The van der Waals surface area contributed by atoms with Crippen LogP contribution in [0.5, 0.6) is 0 Å². The van der Waals surface area contributed by atoms with Gasteiger partial charge in [0.2, 0.25) is 5.91 Å². The number of hydrogen-bond donors (Lipinski definition) is 1. The summed E-state index contributed by atoms with van der Waals surface area (Å²) in [7, 11) is 1.24. The first-order valence-corrected chi connectivity index (χ1v) is 8.01. The first-order chi connectivity index (χ1) is 11.5. The van der Waals surface area contributed by atoms with Crippen molar-refractivity contribution in [1.82, 2.24) is 10.2 Å². The van der Waals surface area contributed by atoms with Crippen molar-refractivity contribution in [2.75, 3.05) is 33.4 Å². The van der Waals surface area contributed by atoms with Crippen molar-refractivity contribution in [3.8, 4) is 0 Å². The monoisotopic (exact) mass is 358 g/mol. The Bertz CT molecular complexity index is 533. The summed E-state index contributed by atoms with van der Waals surface area (Å²) in [5.41, 5.74) is -1.69. The second kappa shape index (κ2) is 8.17. The number of carbonyl (C=O) groups excluding carboxylic acids is 4. The smallest absolute Gasteiger partial charge is 0.410 e. The lowest BCUT2D eigenvalue weighted by molar-refractivity contribution is -0.162. The van der Waals surface area contributed by atoms with E-state index in [0.717, 1.165) is 0 Å². The third-order valence-electron chi connectivity index (χ3n) is 3.49. The van der Waals surface area contributed by atoms with Crippen molar-refractivity contribution in [3.05, 3.63) is 0 Å². The molecule has 0 saturated carbocycles. The second-order valence-electron chi connectivity index (χ2n) is 6.87. The molecule has 0 radical (unpaired) electrons. The summed E-state index contributed by atoms with van der Waals surface area (Å²) in [4.78, 5) is 48.5. The van der Waals surface area contributed by atoms with Crippen LogP contribution in [0.1, 0.15) is 34.1 Å². The minimum Gasteiger partial charge on any atom is -0.468 e. The molecule has 0 aromatic heterocycles. The highest BCUT2D eigenvalue weighted by molar-refractivity contribution is 5.94. The molecule has 1 heterocycles. The van der Waals surface area contributed by atoms with Gasteiger partial charge in [-0.25, -0.2) is 4.79 Å². The van der Waals surface area contributed by atoms with Crippen LogP contribution in [0.25, 0.3) is 0 Å². The van der Waals surface area contributed by atoms with Crippen molar-refractivity contribution in [2.24, 2.45) is 5.41 Å². The number of esters is 2. The quantitative estimate of drug-likeness (QED) is 0.417. The van der Waals surface area contributed by atoms with Gasteiger partial charge in [-0.15, -0.1) is 0 Å². The zero-order chi connectivity index (χ0) is 19.3. The van der Waals surface area contributed by atoms with E-state index in [1.165, 1.54) is 12.0 Å². The standard InChI is InChI=1S/C16H26N2O7/c1-6-24-12(20)7-11(19)17-8-16(13(21)23-5)9-18(10-16)14(22)25-15(2,3)4/h6-10H2,1-5H3,(H,17,19). The Morgan fingerprint density at radius 2 is 1.76 bits per heavy atom. The van der Waals surface area contributed by atoms with E-state index in [1.807, 2.05) is 0 Å². The minimum atomic E-state index is -1.05. The van der Waals surface area contributed by atoms with E-state index in [-0.39, 0.29) is 26.2 Å². The van der Waals surface area contributed by atoms with Crippen LogP contribution in [0.2, 0.25) is 0 Å². The minimum absolute atomic E-state index is 0.0444. The van der Waals surface area contributed by atoms with E-state index in [4.69, 9.17) is 9.47 Å². The van der Waals surface area contributed by atoms with Crippen molar-refractivity contribution in [2.45, 2.75) is 39.7 Å². The van der Waals surface area contributed by atoms with E-state index in [2.05, 4.69) is 10.1 Å². The summed E-state index contributed by atoms with van der Waals surface area (Å²) in [5, 5.41) is 2.52. The van der Waals surface area contributed by atoms with Crippen LogP contribution in [0, 0.1) is 5.41 Å². The molecule has 0 spiro atoms. The molecule has 1 saturated heterocycles. The Balaban J connectivity index is 2.60. The Kier molecular flexibility index (Phi) is 6.78. The van der Waals surface area contributed by atoms with E-state index in [0.29, 0.717) is 0 Å². The van der Waals surface area contributed by atoms with Gasteiger partial charge in [0.25, 0.3) is 0 Å². The van der Waals surface area contributed by atoms with Crippen molar-refractivity contribution in [3.63, 3.8) is 0 Å². The Morgan fingerprint density at radius 3 is 2.24 bits per heavy atom. The number of rotatable bonds is 6. The van der Waals surface area contributed by atoms with Gasteiger partial charge in [-0.05, 0) is 27.7 Å². The van der Waals surface area contributed by atoms with Gasteiger partial charge in [-0.2, -0.15) is 0 Å². The molecule has 0 unspecified atom stereocenters. The van der Waals surface area contributed by atoms with Crippen LogP contribution < -0.4 is 5.32 Å². The van der Waals surface area contributed by atoms with Crippen molar-refractivity contribution >= 4 is 23.9 Å². The van der Waals surface area contributed by atoms with Crippen molar-refractivity contribution in [1.29, 1.82) is 0 Å². The zero-order valence-corrected chi connectivity index (χ0v) is 15.3. The highest BCUT2D eigenvalue weighted by Gasteiger charge is 2.53. The van der Waals surface area contributed by atoms with Crippen LogP contribution in [-0.2, 0) is 28.6 Å². The molecule has 0 aromatic rings. The lowest BCUT2D eigenvalue weighted by Gasteiger charge is -2.47. The van der Waals surface area contributed by atoms with E-state index in [1.54, 1.807) is 27.7 Å². The second-order valence-corrected chi connectivity index (χ2v) is 6.87. The lowest BCUT2D eigenvalue weighted by Crippen LogP contribution is -2.66. The first kappa shape index (κ1) is 20.7. The zero-order valence-electron chi connectivity index (χ0n) is 15.3. The molecule has 1 aliphatic heterocycles. The maximum atomic E-state index is 12.1. The molecule has 0 atom stereocenters. The average Bonchev–Trinajstić information content (AvgIpc) is 2.43. The summed E-state index contributed by atoms with van der Waals surface area (Å²) < 4.78 is 14.7. The van der Waals surface area contributed by atoms with E-state index < -0.39 is 41.4 Å². The predicted octanol–water partition coefficient (Wildman–Crippen LogP) is 0.466. The lowest BCUT2D eigenvalue weighted by atomic mass is 9.79. The van der Waals surface area contributed by atoms with Gasteiger partial charge >= 0.3 is 18.0 Å². The molecule has 9 heteroatoms. The molecular weight excluding hydrogens is 332 g/mol. The van der Waals surface area contributed by atoms with Crippen LogP contribution in [0.4, 0.5) is 4.79 Å². The van der Waals surface area contributed by atoms with Crippen LogP contribution >= 0.6 is 0 Å². The summed E-state index contributed by atoms with van der Waals surface area (Å²) in [6.07, 6.45) is -0.967. The first-order valence-electron chi connectivity index (χ1n) is 8.01. The fourth-order valence-corrected chi connectivity index (χ4v) is 2.34. The van der Waals surface area contributed by atoms with Crippen LogP contribution in [0.15, 0.2) is 0 Å². The number of ether oxygens (including phenoxy) is 3. The molecule has 1 fully saturated rings. The molecule has 1 N–H and O–H groups in total. The van der Waals surface area contributed by atoms with Gasteiger partial charge in [0.15, 0.2) is 0 Å². The molecule has 2 amide bonds. The van der Waals surface area contributed by atoms with Gasteiger partial charge in [0, 0.05) is 19.6 Å². The van der Waals surface area contributed by atoms with Gasteiger partial charge in [-0.1, -0.05) is 0 Å². The van der Waals surface area contributed by atoms with E-state index in [9.17, 15) is 19.2 Å². The summed E-state index contributed by atoms with van der Waals surface area (Å²) in [6, 6.07) is 0. The van der Waals surface area contributed by atoms with Crippen molar-refractivity contribution < 1.29 is 33.4 Å². The Morgan fingerprint density at radius 1 is 1.16 bits per heavy atom. The molecule has 142 valence electrons. The average molecular weight is 358 g/mol. The highest BCUT2D eigenvalue weighted by Crippen LogP contribution is 2.32. The fourth-order valence-electron chi connectivity index (χ4n) is 2.34. The Labute approximate surface area is 147 Å². The maximum Gasteiger partial charge on any atom is 0.410 e. The summed E-state index contributed by atoms with van der Waals surface area (Å²) in [6.45, 7) is 7.14. The number of hydrogen-bond acceptors (Lipinski definition) is 7. The normalized spacial score (nSPS) is 15.6. The highest BCUT2D eigenvalue weighted by atomic mass is 16.6. The fraction of sp³-hybridized carbons (Fsp3) is 0.750. The molecule has 0 aliphatic carbocycles. The molecule has 0 aromatic carbocycles. The van der Waals surface area contributed by atoms with Crippen LogP contribution in [-0.4, -0.2) is 67.8 Å². The molecule has 25 heavy (non-hydrogen) atoms. The van der Waals surface area contributed by atoms with Gasteiger partial charge < -0.3 is 24.4 Å². The van der Waals surface area contributed by atoms with Gasteiger partial charge in [0.1, 0.15) is 17.4 Å². The Hall–Kier alpha value is -2.32. The molecular formula is C16H26N2O7. The third-order valence-corrected chi connectivity index (χ3v) is 3.49. The molecule has 0 bridgehead atoms. The molecule has 1 aliphatic rings. The SMILES string of the molecule is CCOC(=O)CC(=O)NCC1(C(=O)OC)CN(C(=O)OC(C)(C)C)C1. The molecule has 1 rings (SSSR count). The van der Waals surface area contributed by atoms with Gasteiger partial charge in [-0.3, -0.25) is 14.4 Å². The number of nitrogens with one attached hydrogen (secondary N) is 1. The van der Waals surface area contributed by atoms with Crippen LogP contribution in [0.3, 0.4) is 0 Å². The maximum absolute atomic E-state index is 12.1. The van der Waals surface area contributed by atoms with Gasteiger partial charge in [0.05, 0.1) is 13.7 Å². The number of likely N-dealkylation sites (tertiary alicyclic amines) is 1. The number of amides is 2. The topological polar surface area (TPSA) is 111 Å². The predicted molar refractivity (Wildman–Crippen MR) is 86.5 cm³/mol. The summed E-state index contributed by atoms with van der Waals surface area (Å²) in [5.74, 6) is -1.74. The number of methoxy groups -OCH3 is 1.